The van der Waals surface area contributed by atoms with Gasteiger partial charge in [0.2, 0.25) is 0 Å². The summed E-state index contributed by atoms with van der Waals surface area (Å²) in [7, 11) is 0. The molecular weight excluding hydrogens is 367 g/mol. The van der Waals surface area contributed by atoms with Crippen LogP contribution in [0.25, 0.3) is 0 Å². The molecule has 1 aliphatic heterocycles. The highest BCUT2D eigenvalue weighted by molar-refractivity contribution is 9.10. The van der Waals surface area contributed by atoms with Crippen molar-refractivity contribution in [1.82, 2.24) is 0 Å². The minimum Gasteiger partial charge on any atom is -0.447 e. The predicted molar refractivity (Wildman–Crippen MR) is 87.2 cm³/mol. The number of hydrogen-bond donors (Lipinski definition) is 1. The maximum Gasteiger partial charge on any atom is 0.414 e. The van der Waals surface area contributed by atoms with Crippen LogP contribution >= 0.6 is 15.9 Å². The summed E-state index contributed by atoms with van der Waals surface area (Å²) in [5, 5.41) is 2.63. The number of nitrogens with zero attached hydrogens (tertiary/aromatic N) is 1. The molecule has 0 saturated carbocycles. The van der Waals surface area contributed by atoms with E-state index in [4.69, 9.17) is 4.74 Å². The largest absolute Gasteiger partial charge is 0.447 e. The van der Waals surface area contributed by atoms with Gasteiger partial charge in [0.15, 0.2) is 0 Å². The average Bonchev–Trinajstić information content (AvgIpc) is 2.96. The summed E-state index contributed by atoms with van der Waals surface area (Å²) < 4.78 is 19.2. The van der Waals surface area contributed by atoms with Crippen molar-refractivity contribution in [2.24, 2.45) is 0 Å². The molecule has 1 fully saturated rings. The Morgan fingerprint density at radius 3 is 2.83 bits per heavy atom. The van der Waals surface area contributed by atoms with Crippen molar-refractivity contribution in [3.8, 4) is 0 Å². The maximum absolute atomic E-state index is 13.7. The lowest BCUT2D eigenvalue weighted by atomic mass is 10.2. The summed E-state index contributed by atoms with van der Waals surface area (Å²) >= 11 is 3.21. The zero-order valence-corrected chi connectivity index (χ0v) is 13.5. The van der Waals surface area contributed by atoms with Gasteiger partial charge in [-0.15, -0.1) is 0 Å². The molecular formula is C16H12BrFN2O3. The average molecular weight is 379 g/mol. The van der Waals surface area contributed by atoms with Gasteiger partial charge in [-0.2, -0.15) is 0 Å². The van der Waals surface area contributed by atoms with Crippen LogP contribution in [-0.2, 0) is 4.74 Å². The van der Waals surface area contributed by atoms with E-state index >= 15 is 0 Å². The third kappa shape index (κ3) is 3.34. The lowest BCUT2D eigenvalue weighted by Gasteiger charge is -2.14. The molecule has 1 N–H and O–H groups in total. The van der Waals surface area contributed by atoms with Gasteiger partial charge in [-0.1, -0.05) is 22.0 Å². The van der Waals surface area contributed by atoms with Crippen LogP contribution < -0.4 is 10.2 Å². The molecule has 1 heterocycles. The van der Waals surface area contributed by atoms with Gasteiger partial charge in [0.1, 0.15) is 12.4 Å². The van der Waals surface area contributed by atoms with Crippen molar-refractivity contribution in [1.29, 1.82) is 0 Å². The van der Waals surface area contributed by atoms with Crippen molar-refractivity contribution in [2.75, 3.05) is 23.4 Å². The van der Waals surface area contributed by atoms with Crippen LogP contribution in [0.4, 0.5) is 20.6 Å². The Morgan fingerprint density at radius 1 is 1.26 bits per heavy atom. The number of carbonyl (C=O) groups is 2. The minimum atomic E-state index is -0.607. The van der Waals surface area contributed by atoms with E-state index in [0.717, 1.165) is 0 Å². The molecule has 1 saturated heterocycles. The van der Waals surface area contributed by atoms with Crippen molar-refractivity contribution in [2.45, 2.75) is 0 Å². The molecule has 3 rings (SSSR count). The SMILES string of the molecule is O=C(Nc1cccc(N2CCOC2=O)c1)c1cc(Br)ccc1F. The van der Waals surface area contributed by atoms with E-state index in [9.17, 15) is 14.0 Å². The molecule has 0 aromatic heterocycles. The molecule has 0 spiro atoms. The second-order valence-electron chi connectivity index (χ2n) is 4.89. The normalized spacial score (nSPS) is 13.8. The van der Waals surface area contributed by atoms with Crippen molar-refractivity contribution in [3.63, 3.8) is 0 Å². The lowest BCUT2D eigenvalue weighted by molar-refractivity contribution is 0.102. The maximum atomic E-state index is 13.7. The summed E-state index contributed by atoms with van der Waals surface area (Å²) in [6.07, 6.45) is -0.425. The number of ether oxygens (including phenoxy) is 1. The first-order valence-electron chi connectivity index (χ1n) is 6.85. The second kappa shape index (κ2) is 6.37. The Kier molecular flexibility index (Phi) is 4.29. The van der Waals surface area contributed by atoms with E-state index in [1.165, 1.54) is 23.1 Å². The molecule has 0 unspecified atom stereocenters. The van der Waals surface area contributed by atoms with Crippen LogP contribution in [0.5, 0.6) is 0 Å². The number of amides is 2. The first kappa shape index (κ1) is 15.5. The van der Waals surface area contributed by atoms with E-state index in [-0.39, 0.29) is 5.56 Å². The standard InChI is InChI=1S/C16H12BrFN2O3/c17-10-4-5-14(18)13(8-10)15(21)19-11-2-1-3-12(9-11)20-6-7-23-16(20)22/h1-5,8-9H,6-7H2,(H,19,21). The third-order valence-electron chi connectivity index (χ3n) is 3.35. The third-order valence-corrected chi connectivity index (χ3v) is 3.84. The predicted octanol–water partition coefficient (Wildman–Crippen LogP) is 3.80. The Hall–Kier alpha value is -2.41. The summed E-state index contributed by atoms with van der Waals surface area (Å²) in [6, 6.07) is 10.9. The van der Waals surface area contributed by atoms with E-state index in [1.807, 2.05) is 0 Å². The number of hydrogen-bond acceptors (Lipinski definition) is 3. The number of carbonyl (C=O) groups excluding carboxylic acids is 2. The number of anilines is 2. The zero-order valence-electron chi connectivity index (χ0n) is 11.9. The van der Waals surface area contributed by atoms with Crippen LogP contribution in [-0.4, -0.2) is 25.2 Å². The lowest BCUT2D eigenvalue weighted by Crippen LogP contribution is -2.23. The Balaban J connectivity index is 1.81. The number of cyclic esters (lactones) is 1. The highest BCUT2D eigenvalue weighted by Gasteiger charge is 2.23. The van der Waals surface area contributed by atoms with Crippen LogP contribution in [0.15, 0.2) is 46.9 Å². The number of benzene rings is 2. The fraction of sp³-hybridized carbons (Fsp3) is 0.125. The highest BCUT2D eigenvalue weighted by atomic mass is 79.9. The first-order valence-corrected chi connectivity index (χ1v) is 7.64. The molecule has 1 aliphatic rings. The van der Waals surface area contributed by atoms with E-state index < -0.39 is 17.8 Å². The topological polar surface area (TPSA) is 58.6 Å². The van der Waals surface area contributed by atoms with Crippen LogP contribution in [0, 0.1) is 5.82 Å². The molecule has 5 nitrogen and oxygen atoms in total. The van der Waals surface area contributed by atoms with Crippen molar-refractivity contribution in [3.05, 3.63) is 58.3 Å². The molecule has 0 aliphatic carbocycles. The summed E-state index contributed by atoms with van der Waals surface area (Å²) in [5.74, 6) is -1.17. The van der Waals surface area contributed by atoms with Gasteiger partial charge < -0.3 is 10.1 Å². The van der Waals surface area contributed by atoms with Crippen LogP contribution in [0.3, 0.4) is 0 Å². The van der Waals surface area contributed by atoms with Crippen LogP contribution in [0.2, 0.25) is 0 Å². The molecule has 118 valence electrons. The molecule has 2 amide bonds. The molecule has 2 aromatic carbocycles. The molecule has 23 heavy (non-hydrogen) atoms. The first-order chi connectivity index (χ1) is 11.0. The van der Waals surface area contributed by atoms with E-state index in [2.05, 4.69) is 21.2 Å². The zero-order chi connectivity index (χ0) is 16.4. The summed E-state index contributed by atoms with van der Waals surface area (Å²) in [5.41, 5.74) is 1.01. The minimum absolute atomic E-state index is 0.0645. The number of nitrogens with one attached hydrogen (secondary N) is 1. The Morgan fingerprint density at radius 2 is 2.09 bits per heavy atom. The Labute approximate surface area is 140 Å². The van der Waals surface area contributed by atoms with Crippen LogP contribution in [0.1, 0.15) is 10.4 Å². The van der Waals surface area contributed by atoms with Gasteiger partial charge in [-0.25, -0.2) is 9.18 Å². The molecule has 7 heteroatoms. The van der Waals surface area contributed by atoms with Crippen molar-refractivity contribution < 1.29 is 18.7 Å². The van der Waals surface area contributed by atoms with Gasteiger partial charge in [-0.3, -0.25) is 9.69 Å². The molecule has 0 bridgehead atoms. The quantitative estimate of drug-likeness (QED) is 0.883. The van der Waals surface area contributed by atoms with Gasteiger partial charge >= 0.3 is 6.09 Å². The van der Waals surface area contributed by atoms with Gasteiger partial charge in [0.25, 0.3) is 5.91 Å². The van der Waals surface area contributed by atoms with Gasteiger partial charge in [-0.05, 0) is 36.4 Å². The summed E-state index contributed by atoms with van der Waals surface area (Å²) in [6.45, 7) is 0.787. The van der Waals surface area contributed by atoms with Gasteiger partial charge in [0, 0.05) is 15.8 Å². The monoisotopic (exact) mass is 378 g/mol. The fourth-order valence-corrected chi connectivity index (χ4v) is 2.61. The number of halogens is 2. The molecule has 0 radical (unpaired) electrons. The fourth-order valence-electron chi connectivity index (χ4n) is 2.25. The van der Waals surface area contributed by atoms with Crippen molar-refractivity contribution >= 4 is 39.3 Å². The highest BCUT2D eigenvalue weighted by Crippen LogP contribution is 2.23. The van der Waals surface area contributed by atoms with Gasteiger partial charge in [0.05, 0.1) is 12.1 Å². The second-order valence-corrected chi connectivity index (χ2v) is 5.81. The number of rotatable bonds is 3. The Bertz CT molecular complexity index is 782. The summed E-state index contributed by atoms with van der Waals surface area (Å²) in [4.78, 5) is 25.2. The molecule has 0 atom stereocenters. The van der Waals surface area contributed by atoms with E-state index in [1.54, 1.807) is 24.3 Å². The smallest absolute Gasteiger partial charge is 0.414 e. The molecule has 2 aromatic rings. The van der Waals surface area contributed by atoms with E-state index in [0.29, 0.717) is 29.0 Å².